The minimum Gasteiger partial charge on any atom is -0.457 e. The van der Waals surface area contributed by atoms with E-state index in [1.807, 2.05) is 42.5 Å². The fourth-order valence-corrected chi connectivity index (χ4v) is 6.33. The lowest BCUT2D eigenvalue weighted by molar-refractivity contribution is 0.216. The Morgan fingerprint density at radius 1 is 0.872 bits per heavy atom. The second kappa shape index (κ2) is 11.8. The number of hydrogen-bond acceptors (Lipinski definition) is 6. The number of benzene rings is 2. The normalized spacial score (nSPS) is 21.2. The zero-order chi connectivity index (χ0) is 26.6. The van der Waals surface area contributed by atoms with Gasteiger partial charge in [0.05, 0.1) is 5.39 Å². The van der Waals surface area contributed by atoms with Crippen molar-refractivity contribution in [2.24, 2.45) is 5.92 Å². The third kappa shape index (κ3) is 5.94. The summed E-state index contributed by atoms with van der Waals surface area (Å²) in [7, 11) is 2.25. The largest absolute Gasteiger partial charge is 0.457 e. The fourth-order valence-electron chi connectivity index (χ4n) is 6.33. The fraction of sp³-hybridized carbons (Fsp3) is 0.438. The highest BCUT2D eigenvalue weighted by molar-refractivity contribution is 6.00. The summed E-state index contributed by atoms with van der Waals surface area (Å²) in [6.07, 6.45) is 11.4. The molecule has 1 aliphatic heterocycles. The summed E-state index contributed by atoms with van der Waals surface area (Å²) < 4.78 is 8.37. The highest BCUT2D eigenvalue weighted by atomic mass is 16.5. The number of aromatic nitrogens is 3. The van der Waals surface area contributed by atoms with Crippen molar-refractivity contribution in [2.45, 2.75) is 44.6 Å². The van der Waals surface area contributed by atoms with E-state index in [-0.39, 0.29) is 0 Å². The highest BCUT2D eigenvalue weighted by Gasteiger charge is 2.26. The van der Waals surface area contributed by atoms with Crippen LogP contribution in [0.15, 0.2) is 67.1 Å². The molecule has 2 N–H and O–H groups in total. The number of fused-ring (bicyclic) bond motifs is 1. The zero-order valence-electron chi connectivity index (χ0n) is 23.0. The van der Waals surface area contributed by atoms with E-state index in [1.165, 1.54) is 71.2 Å². The molecule has 0 atom stereocenters. The maximum absolute atomic E-state index is 6.42. The van der Waals surface area contributed by atoms with Gasteiger partial charge in [0.25, 0.3) is 0 Å². The van der Waals surface area contributed by atoms with Gasteiger partial charge in [-0.3, -0.25) is 0 Å². The maximum atomic E-state index is 6.42. The molecule has 3 heterocycles. The van der Waals surface area contributed by atoms with Gasteiger partial charge in [0, 0.05) is 30.9 Å². The molecule has 0 unspecified atom stereocenters. The van der Waals surface area contributed by atoms with Gasteiger partial charge in [0.1, 0.15) is 29.3 Å². The second-order valence-corrected chi connectivity index (χ2v) is 11.3. The molecule has 0 radical (unpaired) electrons. The number of likely N-dealkylation sites (N-methyl/N-ethyl adjacent to an activating group) is 1. The minimum absolute atomic E-state index is 0.444. The SMILES string of the molecule is CN1CCCN(CCC2CCC(n3cc(-c4ccc(Oc5ccccc5)cc4)c4c(N)ncnc43)CC2)CC1. The first kappa shape index (κ1) is 25.8. The van der Waals surface area contributed by atoms with Gasteiger partial charge in [-0.05, 0) is 101 Å². The molecule has 1 saturated carbocycles. The van der Waals surface area contributed by atoms with Gasteiger partial charge in [0.2, 0.25) is 0 Å². The monoisotopic (exact) mass is 524 g/mol. The van der Waals surface area contributed by atoms with Gasteiger partial charge >= 0.3 is 0 Å². The van der Waals surface area contributed by atoms with Crippen LogP contribution in [0.25, 0.3) is 22.2 Å². The molecule has 204 valence electrons. The molecule has 4 aromatic rings. The lowest BCUT2D eigenvalue weighted by Crippen LogP contribution is -2.31. The van der Waals surface area contributed by atoms with Crippen LogP contribution in [0.2, 0.25) is 0 Å². The molecule has 0 amide bonds. The van der Waals surface area contributed by atoms with Crippen molar-refractivity contribution >= 4 is 16.9 Å². The van der Waals surface area contributed by atoms with Crippen molar-refractivity contribution in [1.29, 1.82) is 0 Å². The number of nitrogens with zero attached hydrogens (tertiary/aromatic N) is 5. The number of nitrogen functional groups attached to an aromatic ring is 1. The van der Waals surface area contributed by atoms with Gasteiger partial charge in [-0.25, -0.2) is 9.97 Å². The van der Waals surface area contributed by atoms with Gasteiger partial charge in [0.15, 0.2) is 0 Å². The summed E-state index contributed by atoms with van der Waals surface area (Å²) in [4.78, 5) is 14.2. The molecule has 2 aromatic carbocycles. The Morgan fingerprint density at radius 2 is 1.64 bits per heavy atom. The quantitative estimate of drug-likeness (QED) is 0.309. The molecular formula is C32H40N6O. The van der Waals surface area contributed by atoms with Crippen LogP contribution in [-0.2, 0) is 0 Å². The highest BCUT2D eigenvalue weighted by Crippen LogP contribution is 2.40. The standard InChI is InChI=1S/C32H40N6O/c1-36-17-5-18-37(21-20-36)19-16-24-8-12-26(13-9-24)38-22-29(30-31(33)34-23-35-32(30)38)25-10-14-28(15-11-25)39-27-6-3-2-4-7-27/h2-4,6-7,10-11,14-15,22-24,26H,5,8-9,12-13,16-21H2,1H3,(H2,33,34,35). The summed E-state index contributed by atoms with van der Waals surface area (Å²) in [5.74, 6) is 2.99. The van der Waals surface area contributed by atoms with E-state index < -0.39 is 0 Å². The van der Waals surface area contributed by atoms with Crippen molar-refractivity contribution in [3.05, 3.63) is 67.1 Å². The molecule has 7 heteroatoms. The van der Waals surface area contributed by atoms with Crippen LogP contribution in [0, 0.1) is 5.92 Å². The lowest BCUT2D eigenvalue weighted by atomic mass is 9.84. The van der Waals surface area contributed by atoms with Crippen molar-refractivity contribution in [1.82, 2.24) is 24.3 Å². The Labute approximate surface area is 231 Å². The average Bonchev–Trinajstić information content (AvgIpc) is 3.24. The number of rotatable bonds is 7. The molecule has 6 rings (SSSR count). The summed E-state index contributed by atoms with van der Waals surface area (Å²) in [5, 5.41) is 0.947. The molecule has 1 saturated heterocycles. The Hall–Kier alpha value is -3.42. The number of nitrogens with two attached hydrogens (primary N) is 1. The molecule has 39 heavy (non-hydrogen) atoms. The average molecular weight is 525 g/mol. The Morgan fingerprint density at radius 3 is 2.44 bits per heavy atom. The summed E-state index contributed by atoms with van der Waals surface area (Å²) >= 11 is 0. The van der Waals surface area contributed by atoms with E-state index in [0.717, 1.165) is 39.6 Å². The lowest BCUT2D eigenvalue weighted by Gasteiger charge is -2.31. The van der Waals surface area contributed by atoms with Crippen molar-refractivity contribution < 1.29 is 4.74 Å². The first-order chi connectivity index (χ1) is 19.1. The van der Waals surface area contributed by atoms with E-state index in [1.54, 1.807) is 6.33 Å². The number of para-hydroxylation sites is 1. The van der Waals surface area contributed by atoms with Crippen LogP contribution >= 0.6 is 0 Å². The third-order valence-electron chi connectivity index (χ3n) is 8.66. The molecule has 2 fully saturated rings. The Bertz CT molecular complexity index is 1360. The Kier molecular flexibility index (Phi) is 7.79. The maximum Gasteiger partial charge on any atom is 0.146 e. The molecule has 1 aliphatic carbocycles. The topological polar surface area (TPSA) is 72.4 Å². The predicted octanol–water partition coefficient (Wildman–Crippen LogP) is 6.23. The van der Waals surface area contributed by atoms with Crippen LogP contribution in [0.4, 0.5) is 5.82 Å². The smallest absolute Gasteiger partial charge is 0.146 e. The van der Waals surface area contributed by atoms with E-state index in [9.17, 15) is 0 Å². The molecule has 2 aliphatic rings. The van der Waals surface area contributed by atoms with E-state index in [0.29, 0.717) is 11.9 Å². The number of hydrogen-bond donors (Lipinski definition) is 1. The van der Waals surface area contributed by atoms with E-state index in [4.69, 9.17) is 15.5 Å². The minimum atomic E-state index is 0.444. The first-order valence-electron chi connectivity index (χ1n) is 14.5. The van der Waals surface area contributed by atoms with Gasteiger partial charge in [-0.2, -0.15) is 0 Å². The van der Waals surface area contributed by atoms with Crippen molar-refractivity contribution in [3.63, 3.8) is 0 Å². The second-order valence-electron chi connectivity index (χ2n) is 11.3. The molecular weight excluding hydrogens is 484 g/mol. The molecule has 0 spiro atoms. The van der Waals surface area contributed by atoms with Crippen LogP contribution < -0.4 is 10.5 Å². The van der Waals surface area contributed by atoms with Gasteiger partial charge < -0.3 is 24.8 Å². The number of anilines is 1. The van der Waals surface area contributed by atoms with Crippen molar-refractivity contribution in [2.75, 3.05) is 45.5 Å². The van der Waals surface area contributed by atoms with Crippen LogP contribution in [0.1, 0.15) is 44.6 Å². The van der Waals surface area contributed by atoms with Gasteiger partial charge in [-0.1, -0.05) is 30.3 Å². The molecule has 0 bridgehead atoms. The Balaban J connectivity index is 1.15. The summed E-state index contributed by atoms with van der Waals surface area (Å²) in [6, 6.07) is 18.5. The van der Waals surface area contributed by atoms with E-state index in [2.05, 4.69) is 44.7 Å². The van der Waals surface area contributed by atoms with Crippen LogP contribution in [0.5, 0.6) is 11.5 Å². The summed E-state index contributed by atoms with van der Waals surface area (Å²) in [6.45, 7) is 6.13. The van der Waals surface area contributed by atoms with E-state index >= 15 is 0 Å². The predicted molar refractivity (Wildman–Crippen MR) is 158 cm³/mol. The van der Waals surface area contributed by atoms with Gasteiger partial charge in [-0.15, -0.1) is 0 Å². The third-order valence-corrected chi connectivity index (χ3v) is 8.66. The van der Waals surface area contributed by atoms with Crippen molar-refractivity contribution in [3.8, 4) is 22.6 Å². The first-order valence-corrected chi connectivity index (χ1v) is 14.5. The van der Waals surface area contributed by atoms with Crippen LogP contribution in [-0.4, -0.2) is 64.1 Å². The number of ether oxygens (including phenoxy) is 1. The zero-order valence-corrected chi connectivity index (χ0v) is 23.0. The summed E-state index contributed by atoms with van der Waals surface area (Å²) in [5.41, 5.74) is 9.55. The van der Waals surface area contributed by atoms with Crippen LogP contribution in [0.3, 0.4) is 0 Å². The molecule has 7 nitrogen and oxygen atoms in total. The molecule has 2 aromatic heterocycles.